The van der Waals surface area contributed by atoms with Gasteiger partial charge in [0.25, 0.3) is 0 Å². The quantitative estimate of drug-likeness (QED) is 0.734. The molecule has 4 heteroatoms. The minimum absolute atomic E-state index is 0.0670. The molecule has 0 aromatic heterocycles. The Morgan fingerprint density at radius 1 is 1.33 bits per heavy atom. The zero-order valence-electron chi connectivity index (χ0n) is 15.9. The zero-order valence-corrected chi connectivity index (χ0v) is 15.9. The second-order valence-electron chi connectivity index (χ2n) is 10.4. The van der Waals surface area contributed by atoms with E-state index in [-0.39, 0.29) is 46.3 Å². The van der Waals surface area contributed by atoms with Crippen LogP contribution in [0.4, 0.5) is 0 Å². The van der Waals surface area contributed by atoms with E-state index in [1.165, 1.54) is 0 Å². The van der Waals surface area contributed by atoms with Crippen LogP contribution in [0.2, 0.25) is 0 Å². The summed E-state index contributed by atoms with van der Waals surface area (Å²) in [5.74, 6) is 0.328. The first kappa shape index (κ1) is 17.7. The highest BCUT2D eigenvalue weighted by atomic mass is 16.6. The molecule has 0 spiro atoms. The molecule has 2 saturated carbocycles. The summed E-state index contributed by atoms with van der Waals surface area (Å²) in [6.45, 7) is 13.3. The third-order valence-electron chi connectivity index (χ3n) is 6.23. The van der Waals surface area contributed by atoms with Crippen LogP contribution in [0.25, 0.3) is 0 Å². The van der Waals surface area contributed by atoms with E-state index in [0.29, 0.717) is 12.5 Å². The molecule has 0 amide bonds. The van der Waals surface area contributed by atoms with Gasteiger partial charge < -0.3 is 9.47 Å². The fourth-order valence-electron chi connectivity index (χ4n) is 4.97. The Hall–Kier alpha value is -1.08. The maximum Gasteiger partial charge on any atom is 0.309 e. The van der Waals surface area contributed by atoms with Crippen molar-refractivity contribution in [2.75, 3.05) is 6.61 Å². The maximum atomic E-state index is 13.0. The van der Waals surface area contributed by atoms with E-state index in [1.807, 2.05) is 0 Å². The van der Waals surface area contributed by atoms with Gasteiger partial charge in [0.15, 0.2) is 0 Å². The maximum absolute atomic E-state index is 13.0. The predicted octanol–water partition coefficient (Wildman–Crippen LogP) is 3.95. The van der Waals surface area contributed by atoms with E-state index in [0.717, 1.165) is 19.3 Å². The number of fused-ring (bicyclic) bond motifs is 1. The highest BCUT2D eigenvalue weighted by Crippen LogP contribution is 2.61. The first-order chi connectivity index (χ1) is 11.0. The molecular weight excluding hydrogens is 302 g/mol. The molecule has 4 nitrogen and oxygen atoms in total. The van der Waals surface area contributed by atoms with Gasteiger partial charge in [-0.25, -0.2) is 0 Å². The fraction of sp³-hybridized carbons (Fsp3) is 0.900. The molecule has 1 aliphatic heterocycles. The van der Waals surface area contributed by atoms with Crippen molar-refractivity contribution in [1.29, 1.82) is 5.26 Å². The van der Waals surface area contributed by atoms with Crippen molar-refractivity contribution in [2.45, 2.75) is 73.0 Å². The van der Waals surface area contributed by atoms with E-state index in [9.17, 15) is 10.1 Å². The first-order valence-corrected chi connectivity index (χ1v) is 9.20. The van der Waals surface area contributed by atoms with Crippen molar-refractivity contribution in [3.8, 4) is 6.07 Å². The lowest BCUT2D eigenvalue weighted by atomic mass is 9.72. The molecule has 6 unspecified atom stereocenters. The fourth-order valence-corrected chi connectivity index (χ4v) is 4.97. The second kappa shape index (κ2) is 5.46. The third-order valence-corrected chi connectivity index (χ3v) is 6.23. The molecule has 0 aromatic rings. The molecule has 3 fully saturated rings. The average Bonchev–Trinajstić information content (AvgIpc) is 3.02. The van der Waals surface area contributed by atoms with Crippen LogP contribution >= 0.6 is 0 Å². The van der Waals surface area contributed by atoms with Crippen molar-refractivity contribution in [1.82, 2.24) is 0 Å². The van der Waals surface area contributed by atoms with E-state index in [4.69, 9.17) is 9.47 Å². The summed E-state index contributed by atoms with van der Waals surface area (Å²) < 4.78 is 11.9. The van der Waals surface area contributed by atoms with Crippen LogP contribution in [0.15, 0.2) is 0 Å². The van der Waals surface area contributed by atoms with Crippen LogP contribution in [0.1, 0.15) is 60.8 Å². The summed E-state index contributed by atoms with van der Waals surface area (Å²) >= 11 is 0. The topological polar surface area (TPSA) is 59.3 Å². The van der Waals surface area contributed by atoms with Crippen LogP contribution < -0.4 is 0 Å². The molecule has 2 aliphatic carbocycles. The number of esters is 1. The molecule has 6 atom stereocenters. The van der Waals surface area contributed by atoms with Gasteiger partial charge in [-0.05, 0) is 30.1 Å². The summed E-state index contributed by atoms with van der Waals surface area (Å²) in [6.07, 6.45) is 2.38. The second-order valence-corrected chi connectivity index (χ2v) is 10.4. The minimum atomic E-state index is -0.312. The number of carbonyl (C=O) groups excluding carboxylic acids is 1. The molecular formula is C20H31NO3. The Morgan fingerprint density at radius 2 is 2.00 bits per heavy atom. The smallest absolute Gasteiger partial charge is 0.309 e. The summed E-state index contributed by atoms with van der Waals surface area (Å²) in [5, 5.41) is 9.52. The summed E-state index contributed by atoms with van der Waals surface area (Å²) in [6, 6.07) is 2.49. The summed E-state index contributed by atoms with van der Waals surface area (Å²) in [7, 11) is 0. The van der Waals surface area contributed by atoms with Crippen LogP contribution in [0, 0.1) is 45.3 Å². The molecule has 0 aromatic carbocycles. The monoisotopic (exact) mass is 333 g/mol. The molecule has 0 N–H and O–H groups in total. The van der Waals surface area contributed by atoms with Gasteiger partial charge in [0.05, 0.1) is 30.1 Å². The van der Waals surface area contributed by atoms with Gasteiger partial charge in [0, 0.05) is 11.8 Å². The Kier molecular flexibility index (Phi) is 4.03. The summed E-state index contributed by atoms with van der Waals surface area (Å²) in [5.41, 5.74) is -0.368. The Labute approximate surface area is 145 Å². The highest BCUT2D eigenvalue weighted by molar-refractivity contribution is 5.73. The van der Waals surface area contributed by atoms with E-state index in [2.05, 4.69) is 47.6 Å². The largest absolute Gasteiger partial charge is 0.459 e. The lowest BCUT2D eigenvalue weighted by Crippen LogP contribution is -2.42. The standard InChI is InChI=1S/C20H31NO3/c1-18(2,3)9-14(19(4,5)6)17(22)24-15-12-7-13-16(15)23-11-20(13,8-12)10-21/h12-16H,7-9,11H2,1-6H3. The van der Waals surface area contributed by atoms with Crippen LogP contribution in [-0.2, 0) is 14.3 Å². The van der Waals surface area contributed by atoms with Crippen LogP contribution in [0.3, 0.4) is 0 Å². The molecule has 0 radical (unpaired) electrons. The molecule has 2 bridgehead atoms. The molecule has 3 rings (SSSR count). The Balaban J connectivity index is 1.72. The van der Waals surface area contributed by atoms with E-state index < -0.39 is 0 Å². The lowest BCUT2D eigenvalue weighted by Gasteiger charge is -2.36. The Bertz CT molecular complexity index is 565. The number of ether oxygens (including phenoxy) is 2. The SMILES string of the molecule is CC(C)(C)CC(C(=O)OC1C2CC3C1OCC3(C#N)C2)C(C)(C)C. The van der Waals surface area contributed by atoms with Crippen molar-refractivity contribution in [2.24, 2.45) is 34.0 Å². The molecule has 24 heavy (non-hydrogen) atoms. The van der Waals surface area contributed by atoms with Gasteiger partial charge in [-0.3, -0.25) is 4.79 Å². The van der Waals surface area contributed by atoms with Crippen LogP contribution in [0.5, 0.6) is 0 Å². The molecule has 134 valence electrons. The average molecular weight is 333 g/mol. The van der Waals surface area contributed by atoms with Crippen LogP contribution in [-0.4, -0.2) is 24.8 Å². The number of hydrogen-bond donors (Lipinski definition) is 0. The zero-order chi connectivity index (χ0) is 17.9. The Morgan fingerprint density at radius 3 is 2.54 bits per heavy atom. The highest BCUT2D eigenvalue weighted by Gasteiger charge is 2.67. The van der Waals surface area contributed by atoms with Crippen molar-refractivity contribution < 1.29 is 14.3 Å². The number of hydrogen-bond acceptors (Lipinski definition) is 4. The van der Waals surface area contributed by atoms with E-state index in [1.54, 1.807) is 0 Å². The first-order valence-electron chi connectivity index (χ1n) is 9.20. The predicted molar refractivity (Wildman–Crippen MR) is 90.9 cm³/mol. The number of nitrogens with zero attached hydrogens (tertiary/aromatic N) is 1. The van der Waals surface area contributed by atoms with Gasteiger partial charge >= 0.3 is 5.97 Å². The number of nitriles is 1. The van der Waals surface area contributed by atoms with Gasteiger partial charge in [-0.1, -0.05) is 41.5 Å². The number of carbonyl (C=O) groups is 1. The van der Waals surface area contributed by atoms with Gasteiger partial charge in [-0.2, -0.15) is 5.26 Å². The van der Waals surface area contributed by atoms with Crippen molar-refractivity contribution in [3.05, 3.63) is 0 Å². The third kappa shape index (κ3) is 2.86. The van der Waals surface area contributed by atoms with Crippen molar-refractivity contribution >= 4 is 5.97 Å². The van der Waals surface area contributed by atoms with Crippen molar-refractivity contribution in [3.63, 3.8) is 0 Å². The van der Waals surface area contributed by atoms with E-state index >= 15 is 0 Å². The minimum Gasteiger partial charge on any atom is -0.459 e. The molecule has 1 saturated heterocycles. The molecule has 3 aliphatic rings. The van der Waals surface area contributed by atoms with Gasteiger partial charge in [0.2, 0.25) is 0 Å². The summed E-state index contributed by atoms with van der Waals surface area (Å²) in [4.78, 5) is 13.0. The number of rotatable bonds is 3. The normalized spacial score (nSPS) is 38.9. The lowest BCUT2D eigenvalue weighted by molar-refractivity contribution is -0.168. The van der Waals surface area contributed by atoms with Gasteiger partial charge in [-0.15, -0.1) is 0 Å². The molecule has 1 heterocycles. The van der Waals surface area contributed by atoms with Gasteiger partial charge in [0.1, 0.15) is 6.10 Å².